The lowest BCUT2D eigenvalue weighted by molar-refractivity contribution is -0.130. The Bertz CT molecular complexity index is 595. The predicted molar refractivity (Wildman–Crippen MR) is 73.1 cm³/mol. The van der Waals surface area contributed by atoms with Crippen molar-refractivity contribution in [1.82, 2.24) is 14.9 Å². The number of carbonyl (C=O) groups is 1. The summed E-state index contributed by atoms with van der Waals surface area (Å²) in [6.07, 6.45) is 3.89. The first kappa shape index (κ1) is 12.9. The zero-order chi connectivity index (χ0) is 14.1. The van der Waals surface area contributed by atoms with Gasteiger partial charge in [-0.1, -0.05) is 6.08 Å². The highest BCUT2D eigenvalue weighted by molar-refractivity contribution is 5.98. The third-order valence-electron chi connectivity index (χ3n) is 3.50. The molecule has 1 aromatic rings. The quantitative estimate of drug-likeness (QED) is 0.800. The van der Waals surface area contributed by atoms with Gasteiger partial charge in [-0.2, -0.15) is 0 Å². The summed E-state index contributed by atoms with van der Waals surface area (Å²) in [4.78, 5) is 21.5. The van der Waals surface area contributed by atoms with Gasteiger partial charge in [0.25, 0.3) is 5.91 Å². The third kappa shape index (κ3) is 2.34. The largest absolute Gasteiger partial charge is 0.506 e. The van der Waals surface area contributed by atoms with E-state index in [2.05, 4.69) is 9.97 Å². The number of carbonyl (C=O) groups excluding carboxylic acids is 1. The van der Waals surface area contributed by atoms with Gasteiger partial charge in [0.15, 0.2) is 0 Å². The molecule has 0 radical (unpaired) electrons. The highest BCUT2D eigenvalue weighted by Crippen LogP contribution is 2.22. The van der Waals surface area contributed by atoms with Gasteiger partial charge in [-0.3, -0.25) is 4.79 Å². The minimum atomic E-state index is -0.0678. The molecule has 2 aliphatic rings. The Hall–Kier alpha value is -2.08. The number of imidazole rings is 1. The molecule has 0 bridgehead atoms. The number of aliphatic hydroxyl groups is 1. The number of amides is 1. The fraction of sp³-hybridized carbons (Fsp3) is 0.429. The number of aryl methyl sites for hydroxylation is 1. The van der Waals surface area contributed by atoms with E-state index in [-0.39, 0.29) is 11.7 Å². The minimum absolute atomic E-state index is 0.0368. The van der Waals surface area contributed by atoms with Crippen LogP contribution in [0.5, 0.6) is 0 Å². The van der Waals surface area contributed by atoms with Crippen molar-refractivity contribution >= 4 is 11.7 Å². The Balaban J connectivity index is 1.85. The number of hydrogen-bond acceptors (Lipinski definition) is 4. The molecule has 1 saturated heterocycles. The summed E-state index contributed by atoms with van der Waals surface area (Å²) in [7, 11) is 0. The first-order valence-corrected chi connectivity index (χ1v) is 6.69. The molecule has 2 N–H and O–H groups in total. The van der Waals surface area contributed by atoms with Crippen LogP contribution in [0, 0.1) is 6.92 Å². The van der Waals surface area contributed by atoms with Gasteiger partial charge in [-0.25, -0.2) is 4.98 Å². The van der Waals surface area contributed by atoms with E-state index in [1.165, 1.54) is 6.08 Å². The SMILES string of the molecule is Cc1nc2c([nH]1)CC=C(C(=O)N1CCOCC1)C=C2O. The van der Waals surface area contributed by atoms with Crippen LogP contribution in [-0.2, 0) is 16.0 Å². The lowest BCUT2D eigenvalue weighted by Gasteiger charge is -2.27. The van der Waals surface area contributed by atoms with E-state index in [9.17, 15) is 9.90 Å². The Morgan fingerprint density at radius 2 is 2.20 bits per heavy atom. The maximum Gasteiger partial charge on any atom is 0.253 e. The Labute approximate surface area is 116 Å². The number of nitrogens with one attached hydrogen (secondary N) is 1. The van der Waals surface area contributed by atoms with Crippen molar-refractivity contribution < 1.29 is 14.6 Å². The topological polar surface area (TPSA) is 78.5 Å². The number of aromatic amines is 1. The standard InChI is InChI=1S/C14H17N3O3/c1-9-15-11-3-2-10(8-12(18)13(11)16-9)14(19)17-4-6-20-7-5-17/h2,8,18H,3-7H2,1H3,(H,15,16). The number of allylic oxidation sites excluding steroid dienone is 1. The summed E-state index contributed by atoms with van der Waals surface area (Å²) in [6.45, 7) is 4.15. The lowest BCUT2D eigenvalue weighted by atomic mass is 10.1. The number of hydrogen-bond donors (Lipinski definition) is 2. The average molecular weight is 275 g/mol. The van der Waals surface area contributed by atoms with Crippen LogP contribution < -0.4 is 0 Å². The smallest absolute Gasteiger partial charge is 0.253 e. The van der Waals surface area contributed by atoms with E-state index in [0.717, 1.165) is 11.5 Å². The molecule has 6 nitrogen and oxygen atoms in total. The van der Waals surface area contributed by atoms with Crippen molar-refractivity contribution in [3.05, 3.63) is 34.9 Å². The molecular formula is C14H17N3O3. The number of morpholine rings is 1. The Morgan fingerprint density at radius 1 is 1.45 bits per heavy atom. The van der Waals surface area contributed by atoms with Crippen molar-refractivity contribution in [2.75, 3.05) is 26.3 Å². The third-order valence-corrected chi connectivity index (χ3v) is 3.50. The monoisotopic (exact) mass is 275 g/mol. The number of aliphatic hydroxyl groups excluding tert-OH is 1. The first-order chi connectivity index (χ1) is 9.65. The number of H-pyrrole nitrogens is 1. The van der Waals surface area contributed by atoms with Gasteiger partial charge < -0.3 is 19.7 Å². The maximum atomic E-state index is 12.4. The van der Waals surface area contributed by atoms with Crippen LogP contribution in [0.2, 0.25) is 0 Å². The number of aromatic nitrogens is 2. The van der Waals surface area contributed by atoms with Crippen LogP contribution in [0.25, 0.3) is 5.76 Å². The number of rotatable bonds is 1. The summed E-state index contributed by atoms with van der Waals surface area (Å²) in [5, 5.41) is 10.1. The van der Waals surface area contributed by atoms with Crippen LogP contribution in [0.15, 0.2) is 17.7 Å². The van der Waals surface area contributed by atoms with Gasteiger partial charge in [-0.15, -0.1) is 0 Å². The van der Waals surface area contributed by atoms with Gasteiger partial charge >= 0.3 is 0 Å². The average Bonchev–Trinajstić information content (AvgIpc) is 2.77. The van der Waals surface area contributed by atoms with E-state index in [4.69, 9.17) is 4.74 Å². The molecule has 1 aliphatic carbocycles. The van der Waals surface area contributed by atoms with Crippen molar-refractivity contribution in [1.29, 1.82) is 0 Å². The second kappa shape index (κ2) is 5.13. The molecule has 0 unspecified atom stereocenters. The number of fused-ring (bicyclic) bond motifs is 1. The highest BCUT2D eigenvalue weighted by atomic mass is 16.5. The first-order valence-electron chi connectivity index (χ1n) is 6.69. The summed E-state index contributed by atoms with van der Waals surface area (Å²) < 4.78 is 5.24. The minimum Gasteiger partial charge on any atom is -0.506 e. The van der Waals surface area contributed by atoms with E-state index >= 15 is 0 Å². The Morgan fingerprint density at radius 3 is 2.95 bits per heavy atom. The van der Waals surface area contributed by atoms with Crippen LogP contribution in [0.3, 0.4) is 0 Å². The molecule has 1 aromatic heterocycles. The number of ether oxygens (including phenoxy) is 1. The van der Waals surface area contributed by atoms with Gasteiger partial charge in [0.05, 0.1) is 13.2 Å². The van der Waals surface area contributed by atoms with Crippen molar-refractivity contribution in [2.24, 2.45) is 0 Å². The fourth-order valence-corrected chi connectivity index (χ4v) is 2.48. The van der Waals surface area contributed by atoms with E-state index in [1.54, 1.807) is 4.90 Å². The summed E-state index contributed by atoms with van der Waals surface area (Å²) >= 11 is 0. The van der Waals surface area contributed by atoms with Crippen LogP contribution >= 0.6 is 0 Å². The van der Waals surface area contributed by atoms with Gasteiger partial charge in [0, 0.05) is 30.8 Å². The molecule has 0 spiro atoms. The molecule has 20 heavy (non-hydrogen) atoms. The predicted octanol–water partition coefficient (Wildman–Crippen LogP) is 0.958. The van der Waals surface area contributed by atoms with Gasteiger partial charge in [-0.05, 0) is 13.0 Å². The lowest BCUT2D eigenvalue weighted by Crippen LogP contribution is -2.41. The molecule has 1 fully saturated rings. The highest BCUT2D eigenvalue weighted by Gasteiger charge is 2.23. The van der Waals surface area contributed by atoms with Gasteiger partial charge in [0.2, 0.25) is 0 Å². The molecule has 2 heterocycles. The van der Waals surface area contributed by atoms with E-state index in [1.807, 2.05) is 13.0 Å². The molecule has 106 valence electrons. The summed E-state index contributed by atoms with van der Waals surface area (Å²) in [5.41, 5.74) is 1.87. The molecular weight excluding hydrogens is 258 g/mol. The summed E-state index contributed by atoms with van der Waals surface area (Å²) in [6, 6.07) is 0. The fourth-order valence-electron chi connectivity index (χ4n) is 2.48. The normalized spacial score (nSPS) is 18.9. The zero-order valence-electron chi connectivity index (χ0n) is 11.3. The summed E-state index contributed by atoms with van der Waals surface area (Å²) in [5.74, 6) is 0.725. The molecule has 1 aliphatic heterocycles. The molecule has 1 amide bonds. The van der Waals surface area contributed by atoms with Crippen LogP contribution in [0.1, 0.15) is 17.2 Å². The van der Waals surface area contributed by atoms with Crippen LogP contribution in [-0.4, -0.2) is 52.2 Å². The second-order valence-electron chi connectivity index (χ2n) is 4.95. The molecule has 3 rings (SSSR count). The molecule has 0 saturated carbocycles. The second-order valence-corrected chi connectivity index (χ2v) is 4.95. The van der Waals surface area contributed by atoms with Crippen molar-refractivity contribution in [3.63, 3.8) is 0 Å². The van der Waals surface area contributed by atoms with E-state index < -0.39 is 0 Å². The van der Waals surface area contributed by atoms with Gasteiger partial charge in [0.1, 0.15) is 17.3 Å². The zero-order valence-corrected chi connectivity index (χ0v) is 11.3. The maximum absolute atomic E-state index is 12.4. The number of nitrogens with zero attached hydrogens (tertiary/aromatic N) is 2. The van der Waals surface area contributed by atoms with E-state index in [0.29, 0.717) is 44.0 Å². The molecule has 0 aromatic carbocycles. The Kier molecular flexibility index (Phi) is 3.31. The van der Waals surface area contributed by atoms with Crippen molar-refractivity contribution in [3.8, 4) is 0 Å². The molecule has 6 heteroatoms. The molecule has 0 atom stereocenters. The van der Waals surface area contributed by atoms with Crippen molar-refractivity contribution in [2.45, 2.75) is 13.3 Å². The van der Waals surface area contributed by atoms with Crippen LogP contribution in [0.4, 0.5) is 0 Å².